The Morgan fingerprint density at radius 3 is 2.31 bits per heavy atom. The molecule has 9 heteroatoms. The van der Waals surface area contributed by atoms with Crippen molar-refractivity contribution in [2.45, 2.75) is 11.4 Å². The van der Waals surface area contributed by atoms with E-state index in [1.807, 2.05) is 0 Å². The van der Waals surface area contributed by atoms with Gasteiger partial charge in [-0.1, -0.05) is 12.1 Å². The van der Waals surface area contributed by atoms with Crippen LogP contribution in [0, 0.1) is 0 Å². The van der Waals surface area contributed by atoms with E-state index in [0.717, 1.165) is 5.56 Å². The molecule has 140 valence electrons. The Kier molecular flexibility index (Phi) is 6.42. The molecule has 0 aliphatic rings. The second-order valence-corrected chi connectivity index (χ2v) is 7.13. The molecule has 8 nitrogen and oxygen atoms in total. The van der Waals surface area contributed by atoms with Gasteiger partial charge < -0.3 is 20.5 Å². The van der Waals surface area contributed by atoms with E-state index in [4.69, 9.17) is 15.2 Å². The highest BCUT2D eigenvalue weighted by Crippen LogP contribution is 2.29. The summed E-state index contributed by atoms with van der Waals surface area (Å²) in [6, 6.07) is 11.7. The Hall–Kier alpha value is -2.78. The number of sulfonamides is 1. The van der Waals surface area contributed by atoms with Crippen LogP contribution < -0.4 is 25.2 Å². The van der Waals surface area contributed by atoms with Crippen LogP contribution in [0.1, 0.15) is 5.56 Å². The fourth-order valence-electron chi connectivity index (χ4n) is 2.17. The van der Waals surface area contributed by atoms with Gasteiger partial charge in [0.15, 0.2) is 17.5 Å². The van der Waals surface area contributed by atoms with Crippen LogP contribution in [0.3, 0.4) is 0 Å². The maximum atomic E-state index is 11.7. The van der Waals surface area contributed by atoms with Crippen molar-refractivity contribution in [1.82, 2.24) is 4.72 Å². The number of rotatable bonds is 7. The van der Waals surface area contributed by atoms with E-state index in [9.17, 15) is 8.42 Å². The van der Waals surface area contributed by atoms with Gasteiger partial charge in [-0.05, 0) is 36.9 Å². The zero-order valence-electron chi connectivity index (χ0n) is 14.8. The smallest absolute Gasteiger partial charge is 0.240 e. The highest BCUT2D eigenvalue weighted by Gasteiger charge is 2.10. The SMILES string of the molecule is CNS(=O)(=O)c1ccc(CN=C(N)Nc2ccc(OC)c(OC)c2)cc1. The molecule has 0 amide bonds. The van der Waals surface area contributed by atoms with Crippen LogP contribution >= 0.6 is 0 Å². The van der Waals surface area contributed by atoms with Crippen molar-refractivity contribution in [2.75, 3.05) is 26.6 Å². The minimum Gasteiger partial charge on any atom is -0.493 e. The zero-order valence-corrected chi connectivity index (χ0v) is 15.6. The van der Waals surface area contributed by atoms with E-state index >= 15 is 0 Å². The maximum Gasteiger partial charge on any atom is 0.240 e. The van der Waals surface area contributed by atoms with E-state index in [0.29, 0.717) is 23.7 Å². The van der Waals surface area contributed by atoms with E-state index < -0.39 is 10.0 Å². The Bertz CT molecular complexity index is 880. The predicted molar refractivity (Wildman–Crippen MR) is 101 cm³/mol. The lowest BCUT2D eigenvalue weighted by atomic mass is 10.2. The molecule has 26 heavy (non-hydrogen) atoms. The second-order valence-electron chi connectivity index (χ2n) is 5.25. The fraction of sp³-hybridized carbons (Fsp3) is 0.235. The molecular weight excluding hydrogens is 356 g/mol. The van der Waals surface area contributed by atoms with Crippen LogP contribution in [-0.2, 0) is 16.6 Å². The van der Waals surface area contributed by atoms with Crippen LogP contribution in [0.4, 0.5) is 5.69 Å². The van der Waals surface area contributed by atoms with Gasteiger partial charge in [0.1, 0.15) is 0 Å². The number of hydrogen-bond donors (Lipinski definition) is 3. The number of benzene rings is 2. The third-order valence-electron chi connectivity index (χ3n) is 3.59. The number of aliphatic imine (C=N–C) groups is 1. The number of ether oxygens (including phenoxy) is 2. The first-order valence-electron chi connectivity index (χ1n) is 7.71. The molecule has 0 fully saturated rings. The molecule has 0 aliphatic carbocycles. The first kappa shape index (κ1) is 19.5. The third-order valence-corrected chi connectivity index (χ3v) is 5.02. The van der Waals surface area contributed by atoms with Crippen LogP contribution in [0.15, 0.2) is 52.4 Å². The predicted octanol–water partition coefficient (Wildman–Crippen LogP) is 1.54. The summed E-state index contributed by atoms with van der Waals surface area (Å²) < 4.78 is 36.1. The number of methoxy groups -OCH3 is 2. The highest BCUT2D eigenvalue weighted by molar-refractivity contribution is 7.89. The van der Waals surface area contributed by atoms with Gasteiger partial charge in [0.05, 0.1) is 25.7 Å². The molecule has 2 rings (SSSR count). The molecule has 0 bridgehead atoms. The highest BCUT2D eigenvalue weighted by atomic mass is 32.2. The van der Waals surface area contributed by atoms with Crippen LogP contribution in [0.25, 0.3) is 0 Å². The Morgan fingerprint density at radius 2 is 1.73 bits per heavy atom. The van der Waals surface area contributed by atoms with Crippen molar-refractivity contribution in [1.29, 1.82) is 0 Å². The average Bonchev–Trinajstić information content (AvgIpc) is 2.66. The molecule has 0 atom stereocenters. The van der Waals surface area contributed by atoms with E-state index in [1.54, 1.807) is 44.6 Å². The van der Waals surface area contributed by atoms with Gasteiger partial charge >= 0.3 is 0 Å². The van der Waals surface area contributed by atoms with Crippen LogP contribution in [-0.4, -0.2) is 35.6 Å². The molecule has 2 aromatic carbocycles. The van der Waals surface area contributed by atoms with Crippen molar-refractivity contribution in [2.24, 2.45) is 10.7 Å². The molecular formula is C17H22N4O4S. The minimum atomic E-state index is -3.44. The lowest BCUT2D eigenvalue weighted by molar-refractivity contribution is 0.355. The summed E-state index contributed by atoms with van der Waals surface area (Å²) in [5.74, 6) is 1.42. The Morgan fingerprint density at radius 1 is 1.08 bits per heavy atom. The van der Waals surface area contributed by atoms with Gasteiger partial charge in [0, 0.05) is 11.8 Å². The van der Waals surface area contributed by atoms with Gasteiger partial charge in [-0.3, -0.25) is 0 Å². The number of guanidine groups is 1. The molecule has 0 radical (unpaired) electrons. The van der Waals surface area contributed by atoms with Crippen LogP contribution in [0.5, 0.6) is 11.5 Å². The fourth-order valence-corrected chi connectivity index (χ4v) is 2.90. The Labute approximate surface area is 153 Å². The second kappa shape index (κ2) is 8.54. The zero-order chi connectivity index (χ0) is 19.2. The minimum absolute atomic E-state index is 0.198. The molecule has 0 aromatic heterocycles. The normalized spacial score (nSPS) is 11.9. The third kappa shape index (κ3) is 4.87. The standard InChI is InChI=1S/C17H22N4O4S/c1-19-26(22,23)14-7-4-12(5-8-14)11-20-17(18)21-13-6-9-15(24-2)16(10-13)25-3/h4-10,19H,11H2,1-3H3,(H3,18,20,21). The van der Waals surface area contributed by atoms with Gasteiger partial charge in [-0.2, -0.15) is 0 Å². The van der Waals surface area contributed by atoms with Gasteiger partial charge in [-0.25, -0.2) is 18.1 Å². The van der Waals surface area contributed by atoms with Crippen molar-refractivity contribution in [3.8, 4) is 11.5 Å². The lowest BCUT2D eigenvalue weighted by Crippen LogP contribution is -2.22. The number of nitrogens with zero attached hydrogens (tertiary/aromatic N) is 1. The Balaban J connectivity index is 2.04. The molecule has 4 N–H and O–H groups in total. The lowest BCUT2D eigenvalue weighted by Gasteiger charge is -2.11. The molecule has 0 heterocycles. The maximum absolute atomic E-state index is 11.7. The molecule has 0 unspecified atom stereocenters. The summed E-state index contributed by atoms with van der Waals surface area (Å²) in [5, 5.41) is 2.97. The van der Waals surface area contributed by atoms with Gasteiger partial charge in [0.25, 0.3) is 0 Å². The topological polar surface area (TPSA) is 115 Å². The van der Waals surface area contributed by atoms with Gasteiger partial charge in [-0.15, -0.1) is 0 Å². The molecule has 2 aromatic rings. The number of nitrogens with two attached hydrogens (primary N) is 1. The summed E-state index contributed by atoms with van der Waals surface area (Å²) in [5.41, 5.74) is 7.44. The largest absolute Gasteiger partial charge is 0.493 e. The van der Waals surface area contributed by atoms with Crippen molar-refractivity contribution >= 4 is 21.7 Å². The van der Waals surface area contributed by atoms with Crippen molar-refractivity contribution in [3.63, 3.8) is 0 Å². The summed E-state index contributed by atoms with van der Waals surface area (Å²) in [4.78, 5) is 4.44. The monoisotopic (exact) mass is 378 g/mol. The average molecular weight is 378 g/mol. The molecule has 0 spiro atoms. The van der Waals surface area contributed by atoms with Crippen molar-refractivity contribution < 1.29 is 17.9 Å². The van der Waals surface area contributed by atoms with Crippen molar-refractivity contribution in [3.05, 3.63) is 48.0 Å². The summed E-state index contributed by atoms with van der Waals surface area (Å²) in [6.07, 6.45) is 0. The molecule has 0 saturated carbocycles. The summed E-state index contributed by atoms with van der Waals surface area (Å²) >= 11 is 0. The summed E-state index contributed by atoms with van der Waals surface area (Å²) in [7, 11) is 1.04. The quantitative estimate of drug-likeness (QED) is 0.497. The van der Waals surface area contributed by atoms with Crippen LogP contribution in [0.2, 0.25) is 0 Å². The van der Waals surface area contributed by atoms with E-state index in [-0.39, 0.29) is 10.9 Å². The summed E-state index contributed by atoms with van der Waals surface area (Å²) in [6.45, 7) is 0.312. The first-order valence-corrected chi connectivity index (χ1v) is 9.19. The number of anilines is 1. The number of nitrogens with one attached hydrogen (secondary N) is 2. The van der Waals surface area contributed by atoms with E-state index in [2.05, 4.69) is 15.0 Å². The van der Waals surface area contributed by atoms with Gasteiger partial charge in [0.2, 0.25) is 10.0 Å². The first-order chi connectivity index (χ1) is 12.4. The number of hydrogen-bond acceptors (Lipinski definition) is 5. The molecule has 0 saturated heterocycles. The molecule has 0 aliphatic heterocycles. The van der Waals surface area contributed by atoms with E-state index in [1.165, 1.54) is 19.2 Å².